The number of carbonyl (C=O) groups is 3. The van der Waals surface area contributed by atoms with Gasteiger partial charge in [0.25, 0.3) is 5.91 Å². The van der Waals surface area contributed by atoms with Crippen LogP contribution in [0.1, 0.15) is 26.3 Å². The summed E-state index contributed by atoms with van der Waals surface area (Å²) >= 11 is 0. The van der Waals surface area contributed by atoms with E-state index in [9.17, 15) is 27.6 Å². The van der Waals surface area contributed by atoms with Crippen LogP contribution in [0.15, 0.2) is 54.6 Å². The van der Waals surface area contributed by atoms with Gasteiger partial charge in [-0.15, -0.1) is 0 Å². The highest BCUT2D eigenvalue weighted by molar-refractivity contribution is 5.96. The van der Waals surface area contributed by atoms with E-state index in [4.69, 9.17) is 9.47 Å². The van der Waals surface area contributed by atoms with Gasteiger partial charge in [-0.3, -0.25) is 9.59 Å². The topological polar surface area (TPSA) is 81.7 Å². The lowest BCUT2D eigenvalue weighted by molar-refractivity contribution is -0.143. The molecule has 0 aliphatic heterocycles. The summed E-state index contributed by atoms with van der Waals surface area (Å²) in [6, 6.07) is 11.8. The number of carbonyl (C=O) groups excluding carboxylic acids is 3. The van der Waals surface area contributed by atoms with Gasteiger partial charge >= 0.3 is 18.1 Å². The van der Waals surface area contributed by atoms with Crippen LogP contribution in [0.25, 0.3) is 0 Å². The number of alkyl halides is 3. The quantitative estimate of drug-likeness (QED) is 0.576. The van der Waals surface area contributed by atoms with Gasteiger partial charge < -0.3 is 14.8 Å². The van der Waals surface area contributed by atoms with Crippen molar-refractivity contribution in [1.29, 1.82) is 0 Å². The van der Waals surface area contributed by atoms with Gasteiger partial charge in [0.05, 0.1) is 11.1 Å². The Bertz CT molecular complexity index is 820. The van der Waals surface area contributed by atoms with Crippen LogP contribution in [0.3, 0.4) is 0 Å². The van der Waals surface area contributed by atoms with Crippen LogP contribution in [0.4, 0.5) is 13.2 Å². The molecule has 2 rings (SSSR count). The van der Waals surface area contributed by atoms with Crippen LogP contribution in [-0.2, 0) is 20.4 Å². The first-order valence-corrected chi connectivity index (χ1v) is 8.10. The van der Waals surface area contributed by atoms with Crippen molar-refractivity contribution in [3.63, 3.8) is 0 Å². The summed E-state index contributed by atoms with van der Waals surface area (Å²) in [5.41, 5.74) is -0.552. The SMILES string of the molecule is O=C(CNC(=O)c1ccc(C(F)(F)F)cc1)OCCOC(=O)c1ccccc1. The molecule has 1 N–H and O–H groups in total. The minimum Gasteiger partial charge on any atom is -0.461 e. The third-order valence-electron chi connectivity index (χ3n) is 3.46. The largest absolute Gasteiger partial charge is 0.461 e. The smallest absolute Gasteiger partial charge is 0.416 e. The molecule has 0 heterocycles. The van der Waals surface area contributed by atoms with Gasteiger partial charge in [0.15, 0.2) is 0 Å². The molecule has 0 aliphatic rings. The fraction of sp³-hybridized carbons (Fsp3) is 0.211. The van der Waals surface area contributed by atoms with E-state index in [1.807, 2.05) is 0 Å². The molecule has 0 aromatic heterocycles. The zero-order chi connectivity index (χ0) is 20.6. The summed E-state index contributed by atoms with van der Waals surface area (Å²) in [5, 5.41) is 2.23. The maximum absolute atomic E-state index is 12.5. The van der Waals surface area contributed by atoms with E-state index in [-0.39, 0.29) is 18.8 Å². The molecule has 0 atom stereocenters. The maximum Gasteiger partial charge on any atom is 0.416 e. The van der Waals surface area contributed by atoms with E-state index in [1.54, 1.807) is 30.3 Å². The molecule has 0 radical (unpaired) electrons. The summed E-state index contributed by atoms with van der Waals surface area (Å²) in [6.07, 6.45) is -4.50. The van der Waals surface area contributed by atoms with Crippen LogP contribution in [0.2, 0.25) is 0 Å². The van der Waals surface area contributed by atoms with Crippen molar-refractivity contribution in [2.24, 2.45) is 0 Å². The van der Waals surface area contributed by atoms with Crippen molar-refractivity contribution in [3.05, 3.63) is 71.3 Å². The maximum atomic E-state index is 12.5. The molecule has 0 aliphatic carbocycles. The lowest BCUT2D eigenvalue weighted by Crippen LogP contribution is -2.31. The van der Waals surface area contributed by atoms with Crippen molar-refractivity contribution < 1.29 is 37.0 Å². The first-order chi connectivity index (χ1) is 13.3. The average Bonchev–Trinajstić information content (AvgIpc) is 2.69. The highest BCUT2D eigenvalue weighted by Gasteiger charge is 2.30. The second kappa shape index (κ2) is 9.54. The van der Waals surface area contributed by atoms with Gasteiger partial charge in [0, 0.05) is 5.56 Å². The number of hydrogen-bond acceptors (Lipinski definition) is 5. The Morgan fingerprint density at radius 1 is 0.821 bits per heavy atom. The molecule has 9 heteroatoms. The Hall–Kier alpha value is -3.36. The third-order valence-corrected chi connectivity index (χ3v) is 3.46. The fourth-order valence-corrected chi connectivity index (χ4v) is 2.06. The highest BCUT2D eigenvalue weighted by Crippen LogP contribution is 2.29. The van der Waals surface area contributed by atoms with E-state index in [0.29, 0.717) is 5.56 Å². The summed E-state index contributed by atoms with van der Waals surface area (Å²) in [4.78, 5) is 35.0. The van der Waals surface area contributed by atoms with Crippen LogP contribution in [0.5, 0.6) is 0 Å². The Morgan fingerprint density at radius 2 is 1.43 bits per heavy atom. The first-order valence-electron chi connectivity index (χ1n) is 8.10. The van der Waals surface area contributed by atoms with E-state index in [2.05, 4.69) is 5.32 Å². The Kier molecular flexibility index (Phi) is 7.14. The highest BCUT2D eigenvalue weighted by atomic mass is 19.4. The number of rotatable bonds is 7. The first kappa shape index (κ1) is 20.9. The normalized spacial score (nSPS) is 10.8. The summed E-state index contributed by atoms with van der Waals surface area (Å²) in [6.45, 7) is -0.841. The number of hydrogen-bond donors (Lipinski definition) is 1. The van der Waals surface area contributed by atoms with E-state index >= 15 is 0 Å². The molecule has 0 bridgehead atoms. The summed E-state index contributed by atoms with van der Waals surface area (Å²) in [5.74, 6) is -2.07. The molecule has 0 spiro atoms. The van der Waals surface area contributed by atoms with Gasteiger partial charge in [-0.05, 0) is 36.4 Å². The van der Waals surface area contributed by atoms with Crippen molar-refractivity contribution in [2.75, 3.05) is 19.8 Å². The molecular weight excluding hydrogens is 379 g/mol. The third kappa shape index (κ3) is 6.42. The van der Waals surface area contributed by atoms with Gasteiger partial charge in [0.2, 0.25) is 0 Å². The molecule has 6 nitrogen and oxygen atoms in total. The predicted octanol–water partition coefficient (Wildman–Crippen LogP) is 2.84. The minimum absolute atomic E-state index is 0.0300. The number of nitrogens with one attached hydrogen (secondary N) is 1. The standard InChI is InChI=1S/C19H16F3NO5/c20-19(21,22)15-8-6-13(7-9-15)17(25)23-12-16(24)27-10-11-28-18(26)14-4-2-1-3-5-14/h1-9H,10-12H2,(H,23,25). The number of halogens is 3. The van der Waals surface area contributed by atoms with Crippen LogP contribution < -0.4 is 5.32 Å². The Morgan fingerprint density at radius 3 is 2.04 bits per heavy atom. The van der Waals surface area contributed by atoms with Crippen LogP contribution >= 0.6 is 0 Å². The van der Waals surface area contributed by atoms with Crippen LogP contribution in [0, 0.1) is 0 Å². The molecule has 148 valence electrons. The number of amides is 1. The van der Waals surface area contributed by atoms with Crippen molar-refractivity contribution in [2.45, 2.75) is 6.18 Å². The predicted molar refractivity (Wildman–Crippen MR) is 91.5 cm³/mol. The summed E-state index contributed by atoms with van der Waals surface area (Å²) in [7, 11) is 0. The van der Waals surface area contributed by atoms with E-state index in [0.717, 1.165) is 24.3 Å². The monoisotopic (exact) mass is 395 g/mol. The zero-order valence-electron chi connectivity index (χ0n) is 14.5. The van der Waals surface area contributed by atoms with Gasteiger partial charge in [-0.2, -0.15) is 13.2 Å². The average molecular weight is 395 g/mol. The summed E-state index contributed by atoms with van der Waals surface area (Å²) < 4.78 is 47.1. The zero-order valence-corrected chi connectivity index (χ0v) is 14.5. The van der Waals surface area contributed by atoms with Gasteiger partial charge in [-0.1, -0.05) is 18.2 Å². The molecule has 2 aromatic rings. The molecule has 1 amide bonds. The molecule has 28 heavy (non-hydrogen) atoms. The number of benzene rings is 2. The van der Waals surface area contributed by atoms with Crippen molar-refractivity contribution >= 4 is 17.8 Å². The Labute approximate surface area is 158 Å². The Balaban J connectivity index is 1.68. The van der Waals surface area contributed by atoms with Crippen LogP contribution in [-0.4, -0.2) is 37.6 Å². The molecule has 0 unspecified atom stereocenters. The van der Waals surface area contributed by atoms with Crippen molar-refractivity contribution in [1.82, 2.24) is 5.32 Å². The number of esters is 2. The second-order valence-corrected chi connectivity index (χ2v) is 5.48. The molecule has 2 aromatic carbocycles. The lowest BCUT2D eigenvalue weighted by atomic mass is 10.1. The second-order valence-electron chi connectivity index (χ2n) is 5.48. The fourth-order valence-electron chi connectivity index (χ4n) is 2.06. The van der Waals surface area contributed by atoms with Gasteiger partial charge in [-0.25, -0.2) is 4.79 Å². The molecular formula is C19H16F3NO5. The van der Waals surface area contributed by atoms with Crippen molar-refractivity contribution in [3.8, 4) is 0 Å². The van der Waals surface area contributed by atoms with E-state index < -0.39 is 36.1 Å². The molecule has 0 fully saturated rings. The lowest BCUT2D eigenvalue weighted by Gasteiger charge is -2.09. The minimum atomic E-state index is -4.50. The molecule has 0 saturated carbocycles. The number of ether oxygens (including phenoxy) is 2. The molecule has 0 saturated heterocycles. The van der Waals surface area contributed by atoms with Gasteiger partial charge in [0.1, 0.15) is 19.8 Å². The van der Waals surface area contributed by atoms with E-state index in [1.165, 1.54) is 0 Å².